The number of ether oxygens (including phenoxy) is 1. The molecule has 0 fully saturated rings. The lowest BCUT2D eigenvalue weighted by Crippen LogP contribution is -2.28. The molecule has 0 spiro atoms. The lowest BCUT2D eigenvalue weighted by molar-refractivity contribution is -0.137. The van der Waals surface area contributed by atoms with Crippen molar-refractivity contribution in [1.29, 1.82) is 0 Å². The van der Waals surface area contributed by atoms with Gasteiger partial charge in [-0.05, 0) is 37.1 Å². The first-order valence-electron chi connectivity index (χ1n) is 6.72. The number of hydrogen-bond acceptors (Lipinski definition) is 3. The number of carbonyl (C=O) groups excluding carboxylic acids is 1. The van der Waals surface area contributed by atoms with Gasteiger partial charge in [-0.3, -0.25) is 4.79 Å². The number of nitrogens with two attached hydrogens (primary N) is 1. The van der Waals surface area contributed by atoms with Crippen LogP contribution >= 0.6 is 12.4 Å². The van der Waals surface area contributed by atoms with Crippen LogP contribution in [0, 0.1) is 0 Å². The second-order valence-electron chi connectivity index (χ2n) is 4.70. The molecule has 1 atom stereocenters. The summed E-state index contributed by atoms with van der Waals surface area (Å²) in [4.78, 5) is 11.9. The highest BCUT2D eigenvalue weighted by Gasteiger charge is 2.31. The van der Waals surface area contributed by atoms with Crippen molar-refractivity contribution in [2.24, 2.45) is 5.73 Å². The molecule has 0 aliphatic rings. The molecule has 1 amide bonds. The third-order valence-corrected chi connectivity index (χ3v) is 2.88. The van der Waals surface area contributed by atoms with Gasteiger partial charge in [-0.2, -0.15) is 13.2 Å². The summed E-state index contributed by atoms with van der Waals surface area (Å²) in [5, 5.41) is 2.41. The van der Waals surface area contributed by atoms with Crippen LogP contribution in [0.25, 0.3) is 0 Å². The number of amides is 1. The zero-order valence-electron chi connectivity index (χ0n) is 12.7. The number of anilines is 1. The molecule has 0 saturated heterocycles. The fourth-order valence-corrected chi connectivity index (χ4v) is 1.69. The zero-order valence-corrected chi connectivity index (χ0v) is 13.5. The number of alkyl halides is 3. The number of hydrogen-bond donors (Lipinski definition) is 2. The van der Waals surface area contributed by atoms with Crippen LogP contribution in [0.4, 0.5) is 18.9 Å². The number of halogens is 4. The van der Waals surface area contributed by atoms with Gasteiger partial charge in [0.15, 0.2) is 0 Å². The quantitative estimate of drug-likeness (QED) is 0.583. The molecule has 130 valence electrons. The first kappa shape index (κ1) is 21.4. The topological polar surface area (TPSA) is 64.3 Å². The van der Waals surface area contributed by atoms with E-state index in [1.165, 1.54) is 13.0 Å². The van der Waals surface area contributed by atoms with Crippen LogP contribution < -0.4 is 11.1 Å². The second kappa shape index (κ2) is 9.54. The van der Waals surface area contributed by atoms with E-state index in [2.05, 4.69) is 11.9 Å². The van der Waals surface area contributed by atoms with E-state index >= 15 is 0 Å². The van der Waals surface area contributed by atoms with E-state index in [4.69, 9.17) is 10.5 Å². The maximum Gasteiger partial charge on any atom is 0.416 e. The first-order chi connectivity index (χ1) is 10.3. The standard InChI is InChI=1S/C15H19F3N2O2.ClH/c1-3-4-5-22-10(2)14(21)20-13-7-11(9-19)6-12(8-13)15(16,17)18;/h3,6-8,10H,1,4-5,9,19H2,2H3,(H,20,21);1H. The third kappa shape index (κ3) is 7.02. The van der Waals surface area contributed by atoms with Crippen LogP contribution in [0.2, 0.25) is 0 Å². The summed E-state index contributed by atoms with van der Waals surface area (Å²) in [5.74, 6) is -0.522. The molecular formula is C15H20ClF3N2O2. The minimum absolute atomic E-state index is 0. The minimum Gasteiger partial charge on any atom is -0.368 e. The van der Waals surface area contributed by atoms with E-state index < -0.39 is 23.8 Å². The highest BCUT2D eigenvalue weighted by Crippen LogP contribution is 2.32. The molecule has 3 N–H and O–H groups in total. The van der Waals surface area contributed by atoms with E-state index in [0.29, 0.717) is 13.0 Å². The van der Waals surface area contributed by atoms with Crippen LogP contribution in [0.1, 0.15) is 24.5 Å². The first-order valence-corrected chi connectivity index (χ1v) is 6.72. The Bertz CT molecular complexity index is 536. The molecule has 0 radical (unpaired) electrons. The van der Waals surface area contributed by atoms with Gasteiger partial charge in [0.1, 0.15) is 6.10 Å². The highest BCUT2D eigenvalue weighted by atomic mass is 35.5. The maximum absolute atomic E-state index is 12.8. The second-order valence-corrected chi connectivity index (χ2v) is 4.70. The summed E-state index contributed by atoms with van der Waals surface area (Å²) in [5.41, 5.74) is 4.86. The maximum atomic E-state index is 12.8. The van der Waals surface area contributed by atoms with Crippen molar-refractivity contribution in [2.45, 2.75) is 32.2 Å². The van der Waals surface area contributed by atoms with Gasteiger partial charge in [-0.25, -0.2) is 0 Å². The van der Waals surface area contributed by atoms with Gasteiger partial charge in [-0.1, -0.05) is 6.08 Å². The van der Waals surface area contributed by atoms with E-state index in [1.54, 1.807) is 6.08 Å². The summed E-state index contributed by atoms with van der Waals surface area (Å²) in [6.45, 7) is 5.30. The fraction of sp³-hybridized carbons (Fsp3) is 0.400. The van der Waals surface area contributed by atoms with Crippen LogP contribution in [-0.2, 0) is 22.3 Å². The Morgan fingerprint density at radius 1 is 1.43 bits per heavy atom. The normalized spacial score (nSPS) is 12.2. The fourth-order valence-electron chi connectivity index (χ4n) is 1.69. The molecule has 0 saturated carbocycles. The van der Waals surface area contributed by atoms with Crippen LogP contribution in [0.5, 0.6) is 0 Å². The molecule has 0 aliphatic heterocycles. The van der Waals surface area contributed by atoms with E-state index in [9.17, 15) is 18.0 Å². The number of rotatable bonds is 7. The van der Waals surface area contributed by atoms with Gasteiger partial charge in [0.2, 0.25) is 0 Å². The van der Waals surface area contributed by atoms with Crippen molar-refractivity contribution in [3.05, 3.63) is 42.0 Å². The Balaban J connectivity index is 0.00000484. The van der Waals surface area contributed by atoms with Crippen molar-refractivity contribution in [3.63, 3.8) is 0 Å². The summed E-state index contributed by atoms with van der Waals surface area (Å²) in [6.07, 6.45) is -3.06. The Hall–Kier alpha value is -1.57. The molecule has 0 heterocycles. The van der Waals surface area contributed by atoms with Crippen molar-refractivity contribution in [1.82, 2.24) is 0 Å². The molecule has 1 unspecified atom stereocenters. The molecule has 0 bridgehead atoms. The molecule has 0 aliphatic carbocycles. The van der Waals surface area contributed by atoms with Gasteiger partial charge in [0.05, 0.1) is 12.2 Å². The van der Waals surface area contributed by atoms with Gasteiger partial charge in [-0.15, -0.1) is 19.0 Å². The third-order valence-electron chi connectivity index (χ3n) is 2.88. The summed E-state index contributed by atoms with van der Waals surface area (Å²) < 4.78 is 43.6. The van der Waals surface area contributed by atoms with Crippen LogP contribution in [-0.4, -0.2) is 18.6 Å². The Labute approximate surface area is 139 Å². The summed E-state index contributed by atoms with van der Waals surface area (Å²) in [7, 11) is 0. The van der Waals surface area contributed by atoms with Crippen molar-refractivity contribution < 1.29 is 22.7 Å². The van der Waals surface area contributed by atoms with E-state index in [0.717, 1.165) is 12.1 Å². The largest absolute Gasteiger partial charge is 0.416 e. The molecule has 8 heteroatoms. The number of nitrogens with one attached hydrogen (secondary N) is 1. The molecule has 1 aromatic rings. The molecule has 4 nitrogen and oxygen atoms in total. The number of benzene rings is 1. The average molecular weight is 353 g/mol. The SMILES string of the molecule is C=CCCOC(C)C(=O)Nc1cc(CN)cc(C(F)(F)F)c1.Cl. The average Bonchev–Trinajstić information content (AvgIpc) is 2.46. The van der Waals surface area contributed by atoms with Gasteiger partial charge >= 0.3 is 6.18 Å². The van der Waals surface area contributed by atoms with Gasteiger partial charge in [0, 0.05) is 12.2 Å². The zero-order chi connectivity index (χ0) is 16.8. The summed E-state index contributed by atoms with van der Waals surface area (Å²) >= 11 is 0. The minimum atomic E-state index is -4.50. The lowest BCUT2D eigenvalue weighted by atomic mass is 10.1. The number of carbonyl (C=O) groups is 1. The van der Waals surface area contributed by atoms with Gasteiger partial charge < -0.3 is 15.8 Å². The summed E-state index contributed by atoms with van der Waals surface area (Å²) in [6, 6.07) is 3.23. The highest BCUT2D eigenvalue weighted by molar-refractivity contribution is 5.94. The molecule has 23 heavy (non-hydrogen) atoms. The van der Waals surface area contributed by atoms with Crippen LogP contribution in [0.3, 0.4) is 0 Å². The predicted octanol–water partition coefficient (Wildman–Crippen LogP) is 3.51. The molecule has 1 rings (SSSR count). The van der Waals surface area contributed by atoms with E-state index in [1.807, 2.05) is 0 Å². The van der Waals surface area contributed by atoms with E-state index in [-0.39, 0.29) is 30.2 Å². The van der Waals surface area contributed by atoms with Crippen molar-refractivity contribution in [3.8, 4) is 0 Å². The molecular weight excluding hydrogens is 333 g/mol. The monoisotopic (exact) mass is 352 g/mol. The van der Waals surface area contributed by atoms with Crippen molar-refractivity contribution in [2.75, 3.05) is 11.9 Å². The Kier molecular flexibility index (Phi) is 8.89. The molecule has 1 aromatic carbocycles. The van der Waals surface area contributed by atoms with Crippen LogP contribution in [0.15, 0.2) is 30.9 Å². The predicted molar refractivity (Wildman–Crippen MR) is 85.4 cm³/mol. The smallest absolute Gasteiger partial charge is 0.368 e. The molecule has 0 aromatic heterocycles. The van der Waals surface area contributed by atoms with Crippen molar-refractivity contribution >= 4 is 24.0 Å². The Morgan fingerprint density at radius 2 is 2.09 bits per heavy atom. The van der Waals surface area contributed by atoms with Gasteiger partial charge in [0.25, 0.3) is 5.91 Å². The Morgan fingerprint density at radius 3 is 2.61 bits per heavy atom. The lowest BCUT2D eigenvalue weighted by Gasteiger charge is -2.15.